The summed E-state index contributed by atoms with van der Waals surface area (Å²) in [6.45, 7) is -0.156. The molecular formula is C26H22Cl2N2O3S. The molecule has 8 heteroatoms. The van der Waals surface area contributed by atoms with Gasteiger partial charge in [0.15, 0.2) is 0 Å². The number of hydrogen-bond acceptors (Lipinski definition) is 3. The second-order valence-corrected chi connectivity index (χ2v) is 10.5. The number of halogens is 2. The molecule has 1 N–H and O–H groups in total. The molecule has 0 saturated carbocycles. The van der Waals surface area contributed by atoms with Crippen molar-refractivity contribution in [3.05, 3.63) is 112 Å². The summed E-state index contributed by atoms with van der Waals surface area (Å²) in [6, 6.07) is 26.6. The van der Waals surface area contributed by atoms with Crippen molar-refractivity contribution in [3.8, 4) is 0 Å². The third-order valence-electron chi connectivity index (χ3n) is 5.42. The van der Waals surface area contributed by atoms with Gasteiger partial charge in [-0.05, 0) is 46.2 Å². The van der Waals surface area contributed by atoms with E-state index >= 15 is 0 Å². The quantitative estimate of drug-likeness (QED) is 0.331. The van der Waals surface area contributed by atoms with Gasteiger partial charge in [-0.2, -0.15) is 4.31 Å². The predicted octanol–water partition coefficient (Wildman–Crippen LogP) is 5.65. The minimum atomic E-state index is -3.96. The lowest BCUT2D eigenvalue weighted by atomic mass is 10.0. The van der Waals surface area contributed by atoms with Crippen molar-refractivity contribution in [1.29, 1.82) is 0 Å². The van der Waals surface area contributed by atoms with Crippen molar-refractivity contribution in [3.63, 3.8) is 0 Å². The first-order chi connectivity index (χ1) is 16.3. The molecule has 0 aromatic heterocycles. The number of nitrogens with one attached hydrogen (secondary N) is 1. The van der Waals surface area contributed by atoms with E-state index in [0.717, 1.165) is 20.6 Å². The molecule has 0 aliphatic rings. The molecule has 0 heterocycles. The molecule has 34 heavy (non-hydrogen) atoms. The van der Waals surface area contributed by atoms with Crippen LogP contribution in [0, 0.1) is 0 Å². The summed E-state index contributed by atoms with van der Waals surface area (Å²) in [4.78, 5) is 13.0. The van der Waals surface area contributed by atoms with Gasteiger partial charge in [0.25, 0.3) is 0 Å². The number of nitrogens with zero attached hydrogens (tertiary/aromatic N) is 1. The predicted molar refractivity (Wildman–Crippen MR) is 136 cm³/mol. The zero-order chi connectivity index (χ0) is 24.1. The SMILES string of the molecule is O=C(CN(Cc1ccc(Cl)cc1Cl)S(=O)(=O)c1ccccc1)NCc1cccc2ccccc12. The van der Waals surface area contributed by atoms with Gasteiger partial charge < -0.3 is 5.32 Å². The van der Waals surface area contributed by atoms with Crippen molar-refractivity contribution in [1.82, 2.24) is 9.62 Å². The molecule has 0 atom stereocenters. The smallest absolute Gasteiger partial charge is 0.243 e. The average Bonchev–Trinajstić information content (AvgIpc) is 2.84. The Morgan fingerprint density at radius 2 is 1.53 bits per heavy atom. The molecule has 0 radical (unpaired) electrons. The van der Waals surface area contributed by atoms with E-state index in [1.165, 1.54) is 12.1 Å². The van der Waals surface area contributed by atoms with Crippen LogP contribution in [0.5, 0.6) is 0 Å². The molecule has 0 aliphatic heterocycles. The topological polar surface area (TPSA) is 66.5 Å². The third kappa shape index (κ3) is 5.59. The van der Waals surface area contributed by atoms with E-state index in [9.17, 15) is 13.2 Å². The molecule has 0 unspecified atom stereocenters. The summed E-state index contributed by atoms with van der Waals surface area (Å²) in [6.07, 6.45) is 0. The van der Waals surface area contributed by atoms with Gasteiger partial charge in [-0.1, -0.05) is 89.9 Å². The number of fused-ring (bicyclic) bond motifs is 1. The van der Waals surface area contributed by atoms with Crippen LogP contribution in [0.25, 0.3) is 10.8 Å². The highest BCUT2D eigenvalue weighted by Crippen LogP contribution is 2.25. The van der Waals surface area contributed by atoms with Crippen molar-refractivity contribution in [2.45, 2.75) is 18.0 Å². The lowest BCUT2D eigenvalue weighted by molar-refractivity contribution is -0.121. The van der Waals surface area contributed by atoms with E-state index in [4.69, 9.17) is 23.2 Å². The Morgan fingerprint density at radius 1 is 0.824 bits per heavy atom. The van der Waals surface area contributed by atoms with E-state index < -0.39 is 15.9 Å². The van der Waals surface area contributed by atoms with Gasteiger partial charge in [-0.15, -0.1) is 0 Å². The van der Waals surface area contributed by atoms with Crippen molar-refractivity contribution >= 4 is 49.9 Å². The van der Waals surface area contributed by atoms with Crippen molar-refractivity contribution in [2.24, 2.45) is 0 Å². The maximum absolute atomic E-state index is 13.4. The summed E-state index contributed by atoms with van der Waals surface area (Å²) in [5, 5.41) is 5.73. The Balaban J connectivity index is 1.56. The first-order valence-corrected chi connectivity index (χ1v) is 12.8. The molecule has 0 aliphatic carbocycles. The highest BCUT2D eigenvalue weighted by Gasteiger charge is 2.27. The van der Waals surface area contributed by atoms with Crippen LogP contribution < -0.4 is 5.32 Å². The Labute approximate surface area is 209 Å². The molecule has 4 rings (SSSR count). The van der Waals surface area contributed by atoms with Crippen LogP contribution in [0.1, 0.15) is 11.1 Å². The van der Waals surface area contributed by atoms with Gasteiger partial charge in [0.1, 0.15) is 0 Å². The maximum atomic E-state index is 13.4. The van der Waals surface area contributed by atoms with Gasteiger partial charge in [0.2, 0.25) is 15.9 Å². The van der Waals surface area contributed by atoms with Gasteiger partial charge >= 0.3 is 0 Å². The molecule has 174 valence electrons. The third-order valence-corrected chi connectivity index (χ3v) is 7.81. The van der Waals surface area contributed by atoms with Crippen molar-refractivity contribution < 1.29 is 13.2 Å². The fraction of sp³-hybridized carbons (Fsp3) is 0.115. The number of carbonyl (C=O) groups is 1. The molecule has 4 aromatic carbocycles. The monoisotopic (exact) mass is 512 g/mol. The van der Waals surface area contributed by atoms with Crippen LogP contribution in [-0.4, -0.2) is 25.2 Å². The fourth-order valence-corrected chi connectivity index (χ4v) is 5.53. The maximum Gasteiger partial charge on any atom is 0.243 e. The standard InChI is InChI=1S/C26H22Cl2N2O3S/c27-22-14-13-21(25(28)15-22)17-30(34(32,33)23-10-2-1-3-11-23)18-26(31)29-16-20-9-6-8-19-7-4-5-12-24(19)20/h1-15H,16-18H2,(H,29,31). The highest BCUT2D eigenvalue weighted by molar-refractivity contribution is 7.89. The second kappa shape index (κ2) is 10.6. The second-order valence-electron chi connectivity index (χ2n) is 7.74. The Morgan fingerprint density at radius 3 is 2.29 bits per heavy atom. The molecule has 1 amide bonds. The van der Waals surface area contributed by atoms with Crippen LogP contribution in [0.15, 0.2) is 95.9 Å². The van der Waals surface area contributed by atoms with Crippen LogP contribution in [-0.2, 0) is 27.9 Å². The van der Waals surface area contributed by atoms with Crippen LogP contribution >= 0.6 is 23.2 Å². The van der Waals surface area contributed by atoms with E-state index in [1.807, 2.05) is 42.5 Å². The average molecular weight is 513 g/mol. The lowest BCUT2D eigenvalue weighted by Gasteiger charge is -2.22. The first-order valence-electron chi connectivity index (χ1n) is 10.6. The summed E-state index contributed by atoms with van der Waals surface area (Å²) in [5.41, 5.74) is 1.50. The van der Waals surface area contributed by atoms with E-state index in [-0.39, 0.29) is 24.5 Å². The fourth-order valence-electron chi connectivity index (χ4n) is 3.66. The number of rotatable bonds is 8. The van der Waals surface area contributed by atoms with Gasteiger partial charge in [-0.25, -0.2) is 8.42 Å². The number of sulfonamides is 1. The van der Waals surface area contributed by atoms with Crippen LogP contribution in [0.2, 0.25) is 10.0 Å². The molecule has 4 aromatic rings. The molecular weight excluding hydrogens is 491 g/mol. The van der Waals surface area contributed by atoms with Crippen molar-refractivity contribution in [2.75, 3.05) is 6.54 Å². The first kappa shape index (κ1) is 24.2. The summed E-state index contributed by atoms with van der Waals surface area (Å²) >= 11 is 12.3. The van der Waals surface area contributed by atoms with Gasteiger partial charge in [-0.3, -0.25) is 4.79 Å². The van der Waals surface area contributed by atoms with Crippen LogP contribution in [0.4, 0.5) is 0 Å². The number of benzene rings is 4. The Kier molecular flexibility index (Phi) is 7.54. The zero-order valence-electron chi connectivity index (χ0n) is 18.1. The highest BCUT2D eigenvalue weighted by atomic mass is 35.5. The summed E-state index contributed by atoms with van der Waals surface area (Å²) < 4.78 is 27.9. The number of carbonyl (C=O) groups excluding carboxylic acids is 1. The molecule has 5 nitrogen and oxygen atoms in total. The van der Waals surface area contributed by atoms with Crippen LogP contribution in [0.3, 0.4) is 0 Å². The molecule has 0 fully saturated rings. The molecule has 0 saturated heterocycles. The van der Waals surface area contributed by atoms with E-state index in [0.29, 0.717) is 15.6 Å². The van der Waals surface area contributed by atoms with E-state index in [1.54, 1.807) is 36.4 Å². The Bertz CT molecular complexity index is 1420. The largest absolute Gasteiger partial charge is 0.351 e. The van der Waals surface area contributed by atoms with Gasteiger partial charge in [0.05, 0.1) is 11.4 Å². The molecule has 0 bridgehead atoms. The lowest BCUT2D eigenvalue weighted by Crippen LogP contribution is -2.40. The van der Waals surface area contributed by atoms with Gasteiger partial charge in [0, 0.05) is 23.1 Å². The summed E-state index contributed by atoms with van der Waals surface area (Å²) in [7, 11) is -3.96. The minimum absolute atomic E-state index is 0.0745. The minimum Gasteiger partial charge on any atom is -0.351 e. The Hall–Kier alpha value is -2.90. The zero-order valence-corrected chi connectivity index (χ0v) is 20.4. The summed E-state index contributed by atoms with van der Waals surface area (Å²) in [5.74, 6) is -0.419. The van der Waals surface area contributed by atoms with E-state index in [2.05, 4.69) is 5.32 Å². The number of hydrogen-bond donors (Lipinski definition) is 1. The number of amides is 1. The molecule has 0 spiro atoms. The normalized spacial score (nSPS) is 11.6.